The van der Waals surface area contributed by atoms with Crippen LogP contribution in [0.1, 0.15) is 45.6 Å². The number of benzene rings is 1. The van der Waals surface area contributed by atoms with Gasteiger partial charge in [-0.1, -0.05) is 55.8 Å². The number of ketones is 1. The standard InChI is InChI=1S/C20H27NO/c1-4-20(3)17-11-13-21(14-16-8-6-5-7-9-16)15-19(17,2)12-10-18(20)22/h5-9,11H,4,10,12-15H2,1-3H3/t19-,20?/m0/s1. The summed E-state index contributed by atoms with van der Waals surface area (Å²) in [6.45, 7) is 9.69. The summed E-state index contributed by atoms with van der Waals surface area (Å²) in [5, 5.41) is 0. The molecule has 118 valence electrons. The lowest BCUT2D eigenvalue weighted by Gasteiger charge is -2.51. The van der Waals surface area contributed by atoms with Gasteiger partial charge in [0, 0.05) is 36.9 Å². The number of rotatable bonds is 3. The van der Waals surface area contributed by atoms with Gasteiger partial charge >= 0.3 is 0 Å². The van der Waals surface area contributed by atoms with Crippen molar-refractivity contribution >= 4 is 5.78 Å². The maximum absolute atomic E-state index is 12.5. The van der Waals surface area contributed by atoms with E-state index >= 15 is 0 Å². The number of hydrogen-bond acceptors (Lipinski definition) is 2. The zero-order chi connectivity index (χ0) is 15.8. The fourth-order valence-electron chi connectivity index (χ4n) is 4.38. The molecule has 2 atom stereocenters. The third-order valence-corrected chi connectivity index (χ3v) is 5.85. The molecule has 0 radical (unpaired) electrons. The van der Waals surface area contributed by atoms with Gasteiger partial charge in [0.05, 0.1) is 0 Å². The monoisotopic (exact) mass is 297 g/mol. The third-order valence-electron chi connectivity index (χ3n) is 5.85. The maximum atomic E-state index is 12.5. The van der Waals surface area contributed by atoms with Gasteiger partial charge in [0.15, 0.2) is 0 Å². The summed E-state index contributed by atoms with van der Waals surface area (Å²) in [4.78, 5) is 15.0. The van der Waals surface area contributed by atoms with E-state index in [0.29, 0.717) is 5.78 Å². The van der Waals surface area contributed by atoms with E-state index in [4.69, 9.17) is 0 Å². The van der Waals surface area contributed by atoms with Crippen molar-refractivity contribution in [2.45, 2.75) is 46.6 Å². The first-order chi connectivity index (χ1) is 10.5. The lowest BCUT2D eigenvalue weighted by molar-refractivity contribution is -0.130. The highest BCUT2D eigenvalue weighted by Crippen LogP contribution is 2.52. The van der Waals surface area contributed by atoms with Crippen LogP contribution in [0.4, 0.5) is 0 Å². The minimum atomic E-state index is -0.230. The zero-order valence-corrected chi connectivity index (χ0v) is 14.1. The van der Waals surface area contributed by atoms with Crippen LogP contribution in [0.2, 0.25) is 0 Å². The van der Waals surface area contributed by atoms with Crippen LogP contribution >= 0.6 is 0 Å². The van der Waals surface area contributed by atoms with Crippen molar-refractivity contribution in [3.05, 3.63) is 47.5 Å². The Balaban J connectivity index is 1.84. The summed E-state index contributed by atoms with van der Waals surface area (Å²) in [7, 11) is 0. The number of carbonyl (C=O) groups excluding carboxylic acids is 1. The molecule has 1 heterocycles. The molecule has 0 bridgehead atoms. The molecule has 2 nitrogen and oxygen atoms in total. The average Bonchev–Trinajstić information content (AvgIpc) is 2.52. The van der Waals surface area contributed by atoms with Gasteiger partial charge in [0.25, 0.3) is 0 Å². The van der Waals surface area contributed by atoms with E-state index in [-0.39, 0.29) is 10.8 Å². The van der Waals surface area contributed by atoms with Crippen LogP contribution in [-0.4, -0.2) is 23.8 Å². The third kappa shape index (κ3) is 2.54. The van der Waals surface area contributed by atoms with Gasteiger partial charge in [-0.3, -0.25) is 9.69 Å². The largest absolute Gasteiger partial charge is 0.299 e. The van der Waals surface area contributed by atoms with E-state index in [1.54, 1.807) is 0 Å². The summed E-state index contributed by atoms with van der Waals surface area (Å²) in [5.74, 6) is 0.440. The van der Waals surface area contributed by atoms with Crippen LogP contribution in [-0.2, 0) is 11.3 Å². The highest BCUT2D eigenvalue weighted by atomic mass is 16.1. The molecule has 1 unspecified atom stereocenters. The SMILES string of the molecule is CCC1(C)C(=O)CC[C@@]2(C)CN(Cc3ccccc3)CC=C12. The van der Waals surface area contributed by atoms with Crippen LogP contribution in [0.15, 0.2) is 42.0 Å². The van der Waals surface area contributed by atoms with E-state index in [9.17, 15) is 4.79 Å². The van der Waals surface area contributed by atoms with Gasteiger partial charge < -0.3 is 0 Å². The minimum absolute atomic E-state index is 0.158. The summed E-state index contributed by atoms with van der Waals surface area (Å²) in [6, 6.07) is 10.7. The van der Waals surface area contributed by atoms with Crippen molar-refractivity contribution in [1.82, 2.24) is 4.90 Å². The van der Waals surface area contributed by atoms with E-state index in [2.05, 4.69) is 62.1 Å². The van der Waals surface area contributed by atoms with Gasteiger partial charge in [0.1, 0.15) is 5.78 Å². The second-order valence-electron chi connectivity index (χ2n) is 7.44. The zero-order valence-electron chi connectivity index (χ0n) is 14.1. The lowest BCUT2D eigenvalue weighted by Crippen LogP contribution is -2.50. The molecule has 1 aromatic carbocycles. The van der Waals surface area contributed by atoms with Crippen LogP contribution < -0.4 is 0 Å². The maximum Gasteiger partial charge on any atom is 0.142 e. The van der Waals surface area contributed by atoms with Crippen molar-refractivity contribution in [2.24, 2.45) is 10.8 Å². The summed E-state index contributed by atoms with van der Waals surface area (Å²) < 4.78 is 0. The predicted molar refractivity (Wildman–Crippen MR) is 90.5 cm³/mol. The molecular weight excluding hydrogens is 270 g/mol. The van der Waals surface area contributed by atoms with Gasteiger partial charge in [0.2, 0.25) is 0 Å². The molecule has 0 aromatic heterocycles. The lowest BCUT2D eigenvalue weighted by atomic mass is 9.57. The van der Waals surface area contributed by atoms with Crippen molar-refractivity contribution in [2.75, 3.05) is 13.1 Å². The van der Waals surface area contributed by atoms with Gasteiger partial charge in [-0.25, -0.2) is 0 Å². The molecule has 0 saturated heterocycles. The number of Topliss-reactive ketones (excluding diaryl/α,β-unsaturated/α-hetero) is 1. The molecule has 2 aliphatic rings. The second kappa shape index (κ2) is 5.66. The van der Waals surface area contributed by atoms with E-state index < -0.39 is 0 Å². The van der Waals surface area contributed by atoms with Crippen molar-refractivity contribution in [3.8, 4) is 0 Å². The van der Waals surface area contributed by atoms with Crippen LogP contribution in [0, 0.1) is 10.8 Å². The molecule has 1 aliphatic heterocycles. The summed E-state index contributed by atoms with van der Waals surface area (Å²) in [5.41, 5.74) is 2.70. The number of nitrogens with zero attached hydrogens (tertiary/aromatic N) is 1. The predicted octanol–water partition coefficient (Wildman–Crippen LogP) is 4.21. The Hall–Kier alpha value is -1.41. The molecule has 2 heteroatoms. The Kier molecular flexibility index (Phi) is 3.98. The Morgan fingerprint density at radius 1 is 1.18 bits per heavy atom. The minimum Gasteiger partial charge on any atom is -0.299 e. The molecule has 1 aliphatic carbocycles. The number of fused-ring (bicyclic) bond motifs is 1. The van der Waals surface area contributed by atoms with E-state index in [0.717, 1.165) is 38.9 Å². The Labute approximate surface area is 134 Å². The quantitative estimate of drug-likeness (QED) is 0.779. The normalized spacial score (nSPS) is 32.5. The summed E-state index contributed by atoms with van der Waals surface area (Å²) >= 11 is 0. The summed E-state index contributed by atoms with van der Waals surface area (Å²) in [6.07, 6.45) is 5.01. The first kappa shape index (κ1) is 15.5. The fraction of sp³-hybridized carbons (Fsp3) is 0.550. The molecule has 22 heavy (non-hydrogen) atoms. The smallest absolute Gasteiger partial charge is 0.142 e. The molecular formula is C20H27NO. The molecule has 3 rings (SSSR count). The Bertz CT molecular complexity index is 591. The van der Waals surface area contributed by atoms with Crippen molar-refractivity contribution < 1.29 is 4.79 Å². The highest BCUT2D eigenvalue weighted by Gasteiger charge is 2.49. The molecule has 0 N–H and O–H groups in total. The number of carbonyl (C=O) groups is 1. The number of hydrogen-bond donors (Lipinski definition) is 0. The second-order valence-corrected chi connectivity index (χ2v) is 7.44. The molecule has 1 fully saturated rings. The van der Waals surface area contributed by atoms with Gasteiger partial charge in [-0.2, -0.15) is 0 Å². The van der Waals surface area contributed by atoms with E-state index in [1.165, 1.54) is 11.1 Å². The first-order valence-electron chi connectivity index (χ1n) is 8.49. The highest BCUT2D eigenvalue weighted by molar-refractivity contribution is 5.89. The van der Waals surface area contributed by atoms with Crippen LogP contribution in [0.25, 0.3) is 0 Å². The topological polar surface area (TPSA) is 20.3 Å². The van der Waals surface area contributed by atoms with E-state index in [1.807, 2.05) is 0 Å². The molecule has 0 spiro atoms. The van der Waals surface area contributed by atoms with Gasteiger partial charge in [-0.15, -0.1) is 0 Å². The molecule has 1 aromatic rings. The van der Waals surface area contributed by atoms with Crippen molar-refractivity contribution in [3.63, 3.8) is 0 Å². The van der Waals surface area contributed by atoms with Crippen molar-refractivity contribution in [1.29, 1.82) is 0 Å². The fourth-order valence-corrected chi connectivity index (χ4v) is 4.38. The molecule has 1 saturated carbocycles. The molecule has 0 amide bonds. The van der Waals surface area contributed by atoms with Gasteiger partial charge in [-0.05, 0) is 25.3 Å². The first-order valence-corrected chi connectivity index (χ1v) is 8.49. The van der Waals surface area contributed by atoms with Crippen LogP contribution in [0.3, 0.4) is 0 Å². The van der Waals surface area contributed by atoms with Crippen LogP contribution in [0.5, 0.6) is 0 Å². The Morgan fingerprint density at radius 3 is 2.59 bits per heavy atom. The Morgan fingerprint density at radius 2 is 1.91 bits per heavy atom. The average molecular weight is 297 g/mol.